The molecule has 0 atom stereocenters. The predicted octanol–water partition coefficient (Wildman–Crippen LogP) is 1.33. The van der Waals surface area contributed by atoms with Gasteiger partial charge in [0.2, 0.25) is 0 Å². The molecular formula is C16H36N4O2. The van der Waals surface area contributed by atoms with E-state index in [-0.39, 0.29) is 0 Å². The van der Waals surface area contributed by atoms with Gasteiger partial charge in [-0.15, -0.1) is 0 Å². The van der Waals surface area contributed by atoms with Crippen molar-refractivity contribution in [1.29, 1.82) is 0 Å². The fraction of sp³-hybridized carbons (Fsp3) is 0.938. The van der Waals surface area contributed by atoms with Crippen LogP contribution in [0.3, 0.4) is 0 Å². The first kappa shape index (κ1) is 21.1. The summed E-state index contributed by atoms with van der Waals surface area (Å²) in [4.78, 5) is 6.52. The average Bonchev–Trinajstić information content (AvgIpc) is 2.52. The zero-order valence-corrected chi connectivity index (χ0v) is 15.0. The van der Waals surface area contributed by atoms with Crippen LogP contribution in [-0.4, -0.2) is 78.1 Å². The molecule has 22 heavy (non-hydrogen) atoms. The molecule has 132 valence electrons. The highest BCUT2D eigenvalue weighted by atomic mass is 16.5. The van der Waals surface area contributed by atoms with Crippen molar-refractivity contribution < 1.29 is 9.47 Å². The van der Waals surface area contributed by atoms with Crippen LogP contribution < -0.4 is 10.6 Å². The fourth-order valence-electron chi connectivity index (χ4n) is 1.91. The van der Waals surface area contributed by atoms with Gasteiger partial charge < -0.3 is 25.0 Å². The Balaban J connectivity index is 3.51. The molecule has 0 aromatic heterocycles. The van der Waals surface area contributed by atoms with E-state index in [2.05, 4.69) is 34.5 Å². The van der Waals surface area contributed by atoms with Gasteiger partial charge in [-0.05, 0) is 26.3 Å². The lowest BCUT2D eigenvalue weighted by Crippen LogP contribution is -2.41. The highest BCUT2D eigenvalue weighted by Crippen LogP contribution is 1.89. The number of nitrogens with zero attached hydrogens (tertiary/aromatic N) is 2. The van der Waals surface area contributed by atoms with E-state index >= 15 is 0 Å². The Bertz CT molecular complexity index is 263. The molecule has 6 heteroatoms. The molecule has 0 unspecified atom stereocenters. The molecule has 0 fully saturated rings. The maximum atomic E-state index is 5.53. The van der Waals surface area contributed by atoms with Gasteiger partial charge in [-0.3, -0.25) is 4.99 Å². The van der Waals surface area contributed by atoms with Gasteiger partial charge in [0.25, 0.3) is 0 Å². The second-order valence-electron chi connectivity index (χ2n) is 5.39. The lowest BCUT2D eigenvalue weighted by Gasteiger charge is -2.18. The number of hydrogen-bond donors (Lipinski definition) is 2. The molecule has 0 radical (unpaired) electrons. The zero-order chi connectivity index (χ0) is 16.5. The van der Waals surface area contributed by atoms with E-state index in [0.29, 0.717) is 0 Å². The lowest BCUT2D eigenvalue weighted by atomic mass is 10.4. The summed E-state index contributed by atoms with van der Waals surface area (Å²) in [6.45, 7) is 8.49. The molecule has 0 bridgehead atoms. The molecule has 0 spiro atoms. The number of unbranched alkanes of at least 4 members (excludes halogenated alkanes) is 1. The second-order valence-corrected chi connectivity index (χ2v) is 5.39. The molecule has 2 N–H and O–H groups in total. The molecule has 0 aliphatic heterocycles. The summed E-state index contributed by atoms with van der Waals surface area (Å²) in [5, 5.41) is 6.63. The van der Waals surface area contributed by atoms with Crippen molar-refractivity contribution in [2.45, 2.75) is 32.6 Å². The highest BCUT2D eigenvalue weighted by molar-refractivity contribution is 5.79. The maximum Gasteiger partial charge on any atom is 0.191 e. The van der Waals surface area contributed by atoms with Crippen LogP contribution in [-0.2, 0) is 9.47 Å². The topological polar surface area (TPSA) is 58.1 Å². The van der Waals surface area contributed by atoms with Gasteiger partial charge in [-0.2, -0.15) is 0 Å². The van der Waals surface area contributed by atoms with Gasteiger partial charge in [-0.25, -0.2) is 0 Å². The number of hydrogen-bond acceptors (Lipinski definition) is 4. The van der Waals surface area contributed by atoms with Gasteiger partial charge in [0, 0.05) is 60.2 Å². The Hall–Kier alpha value is -0.850. The number of ether oxygens (including phenoxy) is 2. The van der Waals surface area contributed by atoms with Gasteiger partial charge in [0.1, 0.15) is 0 Å². The normalized spacial score (nSPS) is 12.0. The van der Waals surface area contributed by atoms with Gasteiger partial charge in [0.15, 0.2) is 5.96 Å². The van der Waals surface area contributed by atoms with E-state index in [9.17, 15) is 0 Å². The summed E-state index contributed by atoms with van der Waals surface area (Å²) in [7, 11) is 5.67. The van der Waals surface area contributed by atoms with Gasteiger partial charge >= 0.3 is 0 Å². The van der Waals surface area contributed by atoms with Crippen LogP contribution in [0.4, 0.5) is 0 Å². The lowest BCUT2D eigenvalue weighted by molar-refractivity contribution is 0.129. The SMILES string of the molecule is CCCCOCCCNC(=NC)NCCN(C)CCCOC. The van der Waals surface area contributed by atoms with E-state index in [1.807, 2.05) is 0 Å². The Morgan fingerprint density at radius 2 is 1.73 bits per heavy atom. The van der Waals surface area contributed by atoms with Crippen molar-refractivity contribution in [1.82, 2.24) is 15.5 Å². The Morgan fingerprint density at radius 3 is 2.41 bits per heavy atom. The van der Waals surface area contributed by atoms with Crippen LogP contribution in [0.1, 0.15) is 32.6 Å². The molecule has 0 aliphatic rings. The van der Waals surface area contributed by atoms with E-state index in [4.69, 9.17) is 9.47 Å². The number of methoxy groups -OCH3 is 1. The van der Waals surface area contributed by atoms with E-state index in [1.54, 1.807) is 14.2 Å². The predicted molar refractivity (Wildman–Crippen MR) is 93.7 cm³/mol. The molecule has 0 amide bonds. The third-order valence-corrected chi connectivity index (χ3v) is 3.30. The summed E-state index contributed by atoms with van der Waals surface area (Å²) in [6, 6.07) is 0. The summed E-state index contributed by atoms with van der Waals surface area (Å²) in [5.74, 6) is 0.860. The van der Waals surface area contributed by atoms with Crippen molar-refractivity contribution in [2.24, 2.45) is 4.99 Å². The number of guanidine groups is 1. The maximum absolute atomic E-state index is 5.53. The Kier molecular flexibility index (Phi) is 15.9. The minimum atomic E-state index is 0.812. The molecule has 0 aliphatic carbocycles. The Morgan fingerprint density at radius 1 is 1.00 bits per heavy atom. The van der Waals surface area contributed by atoms with Crippen LogP contribution >= 0.6 is 0 Å². The third kappa shape index (κ3) is 14.1. The van der Waals surface area contributed by atoms with E-state index in [0.717, 1.165) is 71.2 Å². The van der Waals surface area contributed by atoms with Crippen molar-refractivity contribution in [3.8, 4) is 0 Å². The number of nitrogens with one attached hydrogen (secondary N) is 2. The standard InChI is InChI=1S/C16H36N4O2/c1-5-6-14-22-15-7-9-18-16(17-2)19-10-12-20(3)11-8-13-21-4/h5-15H2,1-4H3,(H2,17,18,19). The Labute approximate surface area is 136 Å². The van der Waals surface area contributed by atoms with Crippen molar-refractivity contribution in [3.05, 3.63) is 0 Å². The van der Waals surface area contributed by atoms with Crippen LogP contribution in [0.25, 0.3) is 0 Å². The largest absolute Gasteiger partial charge is 0.385 e. The van der Waals surface area contributed by atoms with Gasteiger partial charge in [0.05, 0.1) is 0 Å². The molecule has 0 saturated carbocycles. The monoisotopic (exact) mass is 316 g/mol. The first-order chi connectivity index (χ1) is 10.7. The van der Waals surface area contributed by atoms with Gasteiger partial charge in [-0.1, -0.05) is 13.3 Å². The molecule has 0 aromatic rings. The molecule has 0 heterocycles. The quantitative estimate of drug-likeness (QED) is 0.288. The summed E-state index contributed by atoms with van der Waals surface area (Å²) < 4.78 is 10.6. The molecule has 0 aromatic carbocycles. The zero-order valence-electron chi connectivity index (χ0n) is 15.0. The van der Waals surface area contributed by atoms with Crippen molar-refractivity contribution in [3.63, 3.8) is 0 Å². The number of likely N-dealkylation sites (N-methyl/N-ethyl adjacent to an activating group) is 1. The minimum Gasteiger partial charge on any atom is -0.385 e. The molecule has 0 rings (SSSR count). The van der Waals surface area contributed by atoms with Crippen LogP contribution in [0.15, 0.2) is 4.99 Å². The first-order valence-corrected chi connectivity index (χ1v) is 8.44. The molecular weight excluding hydrogens is 280 g/mol. The second kappa shape index (κ2) is 16.5. The van der Waals surface area contributed by atoms with Crippen LogP contribution in [0.5, 0.6) is 0 Å². The fourth-order valence-corrected chi connectivity index (χ4v) is 1.91. The smallest absolute Gasteiger partial charge is 0.191 e. The summed E-state index contributed by atoms with van der Waals surface area (Å²) >= 11 is 0. The van der Waals surface area contributed by atoms with E-state index < -0.39 is 0 Å². The average molecular weight is 316 g/mol. The summed E-state index contributed by atoms with van der Waals surface area (Å²) in [6.07, 6.45) is 4.41. The van der Waals surface area contributed by atoms with E-state index in [1.165, 1.54) is 6.42 Å². The third-order valence-electron chi connectivity index (χ3n) is 3.30. The number of aliphatic imine (C=N–C) groups is 1. The van der Waals surface area contributed by atoms with Crippen molar-refractivity contribution >= 4 is 5.96 Å². The van der Waals surface area contributed by atoms with Crippen LogP contribution in [0.2, 0.25) is 0 Å². The minimum absolute atomic E-state index is 0.812. The van der Waals surface area contributed by atoms with Crippen molar-refractivity contribution in [2.75, 3.05) is 67.2 Å². The molecule has 0 saturated heterocycles. The van der Waals surface area contributed by atoms with Crippen LogP contribution in [0, 0.1) is 0 Å². The molecule has 6 nitrogen and oxygen atoms in total. The number of rotatable bonds is 14. The first-order valence-electron chi connectivity index (χ1n) is 8.44. The summed E-state index contributed by atoms with van der Waals surface area (Å²) in [5.41, 5.74) is 0. The highest BCUT2D eigenvalue weighted by Gasteiger charge is 2.00.